The number of amides is 2. The number of imide groups is 1. The van der Waals surface area contributed by atoms with E-state index < -0.39 is 5.97 Å². The zero-order valence-electron chi connectivity index (χ0n) is 13.5. The summed E-state index contributed by atoms with van der Waals surface area (Å²) < 4.78 is 1.78. The molecule has 0 aliphatic carbocycles. The molecule has 2 heterocycles. The Labute approximate surface area is 148 Å². The second kappa shape index (κ2) is 6.98. The normalized spacial score (nSPS) is 16.0. The van der Waals surface area contributed by atoms with Gasteiger partial charge in [0.15, 0.2) is 0 Å². The van der Waals surface area contributed by atoms with E-state index in [-0.39, 0.29) is 16.7 Å². The van der Waals surface area contributed by atoms with Gasteiger partial charge >= 0.3 is 5.97 Å². The maximum atomic E-state index is 12.4. The third-order valence-corrected chi connectivity index (χ3v) is 4.66. The van der Waals surface area contributed by atoms with Crippen molar-refractivity contribution in [1.82, 2.24) is 9.47 Å². The lowest BCUT2D eigenvalue weighted by molar-refractivity contribution is -0.122. The molecule has 6 nitrogen and oxygen atoms in total. The Kier molecular flexibility index (Phi) is 4.76. The van der Waals surface area contributed by atoms with Gasteiger partial charge in [-0.1, -0.05) is 13.0 Å². The molecular formula is C18H16N2O4S. The molecule has 2 aromatic rings. The summed E-state index contributed by atoms with van der Waals surface area (Å²) in [6, 6.07) is 10.1. The Morgan fingerprint density at radius 2 is 2.04 bits per heavy atom. The maximum Gasteiger partial charge on any atom is 0.335 e. The van der Waals surface area contributed by atoms with Gasteiger partial charge in [0.1, 0.15) is 0 Å². The van der Waals surface area contributed by atoms with Gasteiger partial charge in [-0.2, -0.15) is 0 Å². The van der Waals surface area contributed by atoms with Gasteiger partial charge in [0.2, 0.25) is 0 Å². The number of hydrogen-bond donors (Lipinski definition) is 1. The minimum atomic E-state index is -1.00. The fraction of sp³-hybridized carbons (Fsp3) is 0.167. The van der Waals surface area contributed by atoms with E-state index in [0.29, 0.717) is 29.3 Å². The lowest BCUT2D eigenvalue weighted by Crippen LogP contribution is -2.28. The summed E-state index contributed by atoms with van der Waals surface area (Å²) in [6.07, 6.45) is 4.15. The van der Waals surface area contributed by atoms with Crippen LogP contribution in [0.1, 0.15) is 29.4 Å². The minimum Gasteiger partial charge on any atom is -0.478 e. The lowest BCUT2D eigenvalue weighted by Gasteiger charge is -2.10. The molecule has 7 heteroatoms. The van der Waals surface area contributed by atoms with Crippen LogP contribution in [0.4, 0.5) is 4.79 Å². The molecular weight excluding hydrogens is 340 g/mol. The SMILES string of the molecule is CCCN1C(=O)S/C(=C\c2cccn2-c2cccc(C(=O)O)c2)C1=O. The first kappa shape index (κ1) is 17.0. The zero-order chi connectivity index (χ0) is 18.0. The number of aromatic nitrogens is 1. The topological polar surface area (TPSA) is 79.6 Å². The second-order valence-electron chi connectivity index (χ2n) is 5.49. The Balaban J connectivity index is 1.95. The number of carboxylic acid groups (broad SMARTS) is 1. The van der Waals surface area contributed by atoms with Crippen LogP contribution in [0, 0.1) is 0 Å². The number of thioether (sulfide) groups is 1. The fourth-order valence-electron chi connectivity index (χ4n) is 2.59. The average Bonchev–Trinajstić information content (AvgIpc) is 3.16. The van der Waals surface area contributed by atoms with Crippen molar-refractivity contribution in [3.63, 3.8) is 0 Å². The molecule has 1 aliphatic heterocycles. The summed E-state index contributed by atoms with van der Waals surface area (Å²) in [7, 11) is 0. The molecule has 0 bridgehead atoms. The van der Waals surface area contributed by atoms with Gasteiger partial charge in [-0.25, -0.2) is 4.79 Å². The summed E-state index contributed by atoms with van der Waals surface area (Å²) in [5, 5.41) is 8.88. The van der Waals surface area contributed by atoms with Crippen LogP contribution in [0.25, 0.3) is 11.8 Å². The third kappa shape index (κ3) is 3.36. The molecule has 25 heavy (non-hydrogen) atoms. The molecule has 0 spiro atoms. The predicted molar refractivity (Wildman–Crippen MR) is 95.7 cm³/mol. The molecule has 1 aromatic heterocycles. The fourth-order valence-corrected chi connectivity index (χ4v) is 3.44. The smallest absolute Gasteiger partial charge is 0.335 e. The van der Waals surface area contributed by atoms with E-state index in [4.69, 9.17) is 5.11 Å². The lowest BCUT2D eigenvalue weighted by atomic mass is 10.2. The van der Waals surface area contributed by atoms with Crippen molar-refractivity contribution >= 4 is 35.0 Å². The van der Waals surface area contributed by atoms with E-state index in [0.717, 1.165) is 11.8 Å². The zero-order valence-corrected chi connectivity index (χ0v) is 14.3. The molecule has 2 amide bonds. The van der Waals surface area contributed by atoms with Crippen LogP contribution in [0.3, 0.4) is 0 Å². The van der Waals surface area contributed by atoms with Crippen LogP contribution < -0.4 is 0 Å². The van der Waals surface area contributed by atoms with E-state index in [1.54, 1.807) is 47.2 Å². The van der Waals surface area contributed by atoms with Crippen molar-refractivity contribution < 1.29 is 19.5 Å². The van der Waals surface area contributed by atoms with Crippen molar-refractivity contribution in [3.8, 4) is 5.69 Å². The van der Waals surface area contributed by atoms with Gasteiger partial charge in [0.25, 0.3) is 11.1 Å². The first-order valence-corrected chi connectivity index (χ1v) is 8.59. The molecule has 0 atom stereocenters. The molecule has 128 valence electrons. The van der Waals surface area contributed by atoms with Gasteiger partial charge in [-0.15, -0.1) is 0 Å². The Morgan fingerprint density at radius 1 is 1.24 bits per heavy atom. The molecule has 1 N–H and O–H groups in total. The predicted octanol–water partition coefficient (Wildman–Crippen LogP) is 3.62. The number of rotatable bonds is 5. The van der Waals surface area contributed by atoms with Crippen molar-refractivity contribution in [2.24, 2.45) is 0 Å². The number of nitrogens with zero attached hydrogens (tertiary/aromatic N) is 2. The van der Waals surface area contributed by atoms with Crippen LogP contribution in [0.5, 0.6) is 0 Å². The number of carboxylic acids is 1. The number of carbonyl (C=O) groups is 3. The number of aromatic carboxylic acids is 1. The first-order valence-electron chi connectivity index (χ1n) is 7.77. The van der Waals surface area contributed by atoms with Crippen molar-refractivity contribution in [3.05, 3.63) is 58.8 Å². The number of carbonyl (C=O) groups excluding carboxylic acids is 2. The first-order chi connectivity index (χ1) is 12.0. The molecule has 0 saturated carbocycles. The highest BCUT2D eigenvalue weighted by Gasteiger charge is 2.34. The maximum absolute atomic E-state index is 12.4. The summed E-state index contributed by atoms with van der Waals surface area (Å²) in [6.45, 7) is 2.32. The van der Waals surface area contributed by atoms with Gasteiger partial charge in [0, 0.05) is 24.1 Å². The van der Waals surface area contributed by atoms with Gasteiger partial charge in [0.05, 0.1) is 10.5 Å². The summed E-state index contributed by atoms with van der Waals surface area (Å²) >= 11 is 0.923. The van der Waals surface area contributed by atoms with Crippen LogP contribution in [0.2, 0.25) is 0 Å². The highest BCUT2D eigenvalue weighted by molar-refractivity contribution is 8.18. The quantitative estimate of drug-likeness (QED) is 0.828. The molecule has 1 saturated heterocycles. The van der Waals surface area contributed by atoms with Gasteiger partial charge in [-0.05, 0) is 54.6 Å². The van der Waals surface area contributed by atoms with Gasteiger partial charge in [-0.3, -0.25) is 14.5 Å². The third-order valence-electron chi connectivity index (χ3n) is 3.75. The van der Waals surface area contributed by atoms with E-state index in [1.807, 2.05) is 6.92 Å². The monoisotopic (exact) mass is 356 g/mol. The van der Waals surface area contributed by atoms with E-state index >= 15 is 0 Å². The van der Waals surface area contributed by atoms with Crippen molar-refractivity contribution in [2.75, 3.05) is 6.54 Å². The summed E-state index contributed by atoms with van der Waals surface area (Å²) in [5.41, 5.74) is 1.55. The number of benzene rings is 1. The van der Waals surface area contributed by atoms with Crippen molar-refractivity contribution in [2.45, 2.75) is 13.3 Å². The number of hydrogen-bond acceptors (Lipinski definition) is 4. The van der Waals surface area contributed by atoms with E-state index in [9.17, 15) is 14.4 Å². The Morgan fingerprint density at radius 3 is 2.76 bits per heavy atom. The summed E-state index contributed by atoms with van der Waals surface area (Å²) in [4.78, 5) is 37.1. The van der Waals surface area contributed by atoms with Crippen LogP contribution in [-0.4, -0.2) is 38.2 Å². The van der Waals surface area contributed by atoms with E-state index in [1.165, 1.54) is 11.0 Å². The van der Waals surface area contributed by atoms with Crippen molar-refractivity contribution in [1.29, 1.82) is 0 Å². The largest absolute Gasteiger partial charge is 0.478 e. The Bertz CT molecular complexity index is 885. The molecule has 0 unspecified atom stereocenters. The van der Waals surface area contributed by atoms with Gasteiger partial charge < -0.3 is 9.67 Å². The van der Waals surface area contributed by atoms with E-state index in [2.05, 4.69) is 0 Å². The average molecular weight is 356 g/mol. The standard InChI is InChI=1S/C18H16N2O4S/c1-2-8-20-16(21)15(25-18(20)24)11-14-7-4-9-19(14)13-6-3-5-12(10-13)17(22)23/h3-7,9-11H,2,8H2,1H3,(H,22,23)/b15-11-. The van der Waals surface area contributed by atoms with Crippen LogP contribution in [0.15, 0.2) is 47.5 Å². The minimum absolute atomic E-state index is 0.181. The Hall–Kier alpha value is -2.80. The molecule has 0 radical (unpaired) electrons. The summed E-state index contributed by atoms with van der Waals surface area (Å²) in [5.74, 6) is -1.29. The molecule has 1 aromatic carbocycles. The second-order valence-corrected chi connectivity index (χ2v) is 6.49. The van der Waals surface area contributed by atoms with Crippen LogP contribution in [-0.2, 0) is 4.79 Å². The highest BCUT2D eigenvalue weighted by atomic mass is 32.2. The molecule has 1 fully saturated rings. The molecule has 3 rings (SSSR count). The molecule has 1 aliphatic rings. The van der Waals surface area contributed by atoms with Crippen LogP contribution >= 0.6 is 11.8 Å². The highest BCUT2D eigenvalue weighted by Crippen LogP contribution is 2.32.